The van der Waals surface area contributed by atoms with Crippen LogP contribution in [0.1, 0.15) is 35.5 Å². The first-order valence-electron chi connectivity index (χ1n) is 9.79. The molecule has 4 rings (SSSR count). The second kappa shape index (κ2) is 8.29. The fourth-order valence-corrected chi connectivity index (χ4v) is 4.56. The van der Waals surface area contributed by atoms with Crippen LogP contribution < -0.4 is 16.0 Å². The van der Waals surface area contributed by atoms with Gasteiger partial charge in [0.25, 0.3) is 5.56 Å². The SMILES string of the molecule is CCC(C)(Oc1ccc(Cl)c(-n2c(=O)[nH]c3csc(C(=O)O)c3c2=O)c1)c1ccccc1. The van der Waals surface area contributed by atoms with Gasteiger partial charge in [0.1, 0.15) is 16.2 Å². The van der Waals surface area contributed by atoms with Gasteiger partial charge in [-0.25, -0.2) is 14.2 Å². The number of H-pyrrole nitrogens is 1. The van der Waals surface area contributed by atoms with Gasteiger partial charge in [0.05, 0.1) is 21.6 Å². The highest BCUT2D eigenvalue weighted by Gasteiger charge is 2.27. The lowest BCUT2D eigenvalue weighted by atomic mass is 9.93. The molecule has 2 heterocycles. The fraction of sp³-hybridized carbons (Fsp3) is 0.174. The van der Waals surface area contributed by atoms with Gasteiger partial charge in [-0.1, -0.05) is 48.9 Å². The topological polar surface area (TPSA) is 101 Å². The molecule has 7 nitrogen and oxygen atoms in total. The molecule has 1 atom stereocenters. The molecule has 0 bridgehead atoms. The number of ether oxygens (including phenoxy) is 1. The van der Waals surface area contributed by atoms with E-state index >= 15 is 0 Å². The van der Waals surface area contributed by atoms with E-state index in [-0.39, 0.29) is 26.5 Å². The van der Waals surface area contributed by atoms with Gasteiger partial charge in [-0.15, -0.1) is 11.3 Å². The summed E-state index contributed by atoms with van der Waals surface area (Å²) in [6, 6.07) is 14.4. The Morgan fingerprint density at radius 2 is 1.94 bits per heavy atom. The first kappa shape index (κ1) is 21.9. The zero-order chi connectivity index (χ0) is 23.0. The van der Waals surface area contributed by atoms with Crippen molar-refractivity contribution in [2.75, 3.05) is 0 Å². The largest absolute Gasteiger partial charge is 0.483 e. The molecular formula is C23H19ClN2O5S. The van der Waals surface area contributed by atoms with Crippen LogP contribution in [0.2, 0.25) is 5.02 Å². The van der Waals surface area contributed by atoms with E-state index in [0.717, 1.165) is 21.5 Å². The Kier molecular flexibility index (Phi) is 5.66. The van der Waals surface area contributed by atoms with Crippen molar-refractivity contribution in [3.8, 4) is 11.4 Å². The summed E-state index contributed by atoms with van der Waals surface area (Å²) in [4.78, 5) is 39.8. The number of carbonyl (C=O) groups is 1. The van der Waals surface area contributed by atoms with Crippen LogP contribution in [0.3, 0.4) is 0 Å². The van der Waals surface area contributed by atoms with Crippen molar-refractivity contribution >= 4 is 39.8 Å². The second-order valence-electron chi connectivity index (χ2n) is 7.40. The number of rotatable bonds is 6. The van der Waals surface area contributed by atoms with Crippen molar-refractivity contribution in [2.24, 2.45) is 0 Å². The van der Waals surface area contributed by atoms with Crippen LogP contribution in [-0.4, -0.2) is 20.6 Å². The average Bonchev–Trinajstić information content (AvgIpc) is 3.21. The van der Waals surface area contributed by atoms with Gasteiger partial charge in [-0.3, -0.25) is 4.79 Å². The molecule has 0 aliphatic heterocycles. The third-order valence-corrected chi connectivity index (χ3v) is 6.70. The molecule has 2 N–H and O–H groups in total. The molecule has 0 radical (unpaired) electrons. The number of carboxylic acid groups (broad SMARTS) is 1. The summed E-state index contributed by atoms with van der Waals surface area (Å²) in [5.41, 5.74) is -0.895. The fourth-order valence-electron chi connectivity index (χ4n) is 3.53. The third-order valence-electron chi connectivity index (χ3n) is 5.41. The number of thiophene rings is 1. The third kappa shape index (κ3) is 3.72. The van der Waals surface area contributed by atoms with Gasteiger partial charge in [-0.05, 0) is 31.0 Å². The minimum Gasteiger partial charge on any atom is -0.483 e. The second-order valence-corrected chi connectivity index (χ2v) is 8.68. The summed E-state index contributed by atoms with van der Waals surface area (Å²) in [6.07, 6.45) is 0.665. The van der Waals surface area contributed by atoms with Crippen molar-refractivity contribution in [1.82, 2.24) is 9.55 Å². The molecule has 0 saturated heterocycles. The highest BCUT2D eigenvalue weighted by atomic mass is 35.5. The van der Waals surface area contributed by atoms with Crippen LogP contribution in [0.25, 0.3) is 16.6 Å². The molecule has 1 unspecified atom stereocenters. The van der Waals surface area contributed by atoms with Crippen molar-refractivity contribution < 1.29 is 14.6 Å². The highest BCUT2D eigenvalue weighted by molar-refractivity contribution is 7.13. The summed E-state index contributed by atoms with van der Waals surface area (Å²) >= 11 is 7.22. The maximum absolute atomic E-state index is 13.1. The summed E-state index contributed by atoms with van der Waals surface area (Å²) in [5.74, 6) is -0.835. The molecule has 0 saturated carbocycles. The maximum Gasteiger partial charge on any atom is 0.346 e. The summed E-state index contributed by atoms with van der Waals surface area (Å²) < 4.78 is 7.13. The maximum atomic E-state index is 13.1. The Morgan fingerprint density at radius 3 is 2.59 bits per heavy atom. The van der Waals surface area contributed by atoms with E-state index < -0.39 is 22.8 Å². The van der Waals surface area contributed by atoms with Crippen molar-refractivity contribution in [1.29, 1.82) is 0 Å². The molecule has 0 spiro atoms. The normalized spacial score (nSPS) is 13.1. The molecular weight excluding hydrogens is 452 g/mol. The highest BCUT2D eigenvalue weighted by Crippen LogP contribution is 2.33. The van der Waals surface area contributed by atoms with Crippen LogP contribution in [-0.2, 0) is 5.60 Å². The lowest BCUT2D eigenvalue weighted by Crippen LogP contribution is -2.34. The predicted octanol–water partition coefficient (Wildman–Crippen LogP) is 4.80. The van der Waals surface area contributed by atoms with E-state index in [1.165, 1.54) is 17.5 Å². The Bertz CT molecular complexity index is 1440. The van der Waals surface area contributed by atoms with Crippen molar-refractivity contribution in [2.45, 2.75) is 25.9 Å². The number of halogens is 1. The molecule has 0 aliphatic carbocycles. The number of aromatic nitrogens is 2. The lowest BCUT2D eigenvalue weighted by molar-refractivity contribution is 0.0703. The number of hydrogen-bond donors (Lipinski definition) is 2. The lowest BCUT2D eigenvalue weighted by Gasteiger charge is -2.30. The molecule has 4 aromatic rings. The number of benzene rings is 2. The predicted molar refractivity (Wildman–Crippen MR) is 125 cm³/mol. The van der Waals surface area contributed by atoms with Gasteiger partial charge in [0, 0.05) is 11.4 Å². The van der Waals surface area contributed by atoms with Gasteiger partial charge in [-0.2, -0.15) is 0 Å². The minimum atomic E-state index is -1.24. The monoisotopic (exact) mass is 470 g/mol. The first-order chi connectivity index (χ1) is 15.2. The first-order valence-corrected chi connectivity index (χ1v) is 11.0. The molecule has 32 heavy (non-hydrogen) atoms. The van der Waals surface area contributed by atoms with E-state index in [4.69, 9.17) is 16.3 Å². The Hall–Kier alpha value is -3.36. The van der Waals surface area contributed by atoms with Gasteiger partial charge in [0.2, 0.25) is 0 Å². The molecule has 0 aliphatic rings. The number of hydrogen-bond acceptors (Lipinski definition) is 5. The van der Waals surface area contributed by atoms with E-state index in [1.807, 2.05) is 44.2 Å². The molecule has 9 heteroatoms. The summed E-state index contributed by atoms with van der Waals surface area (Å²) in [6.45, 7) is 3.95. The minimum absolute atomic E-state index is 0.0767. The molecule has 0 fully saturated rings. The number of carboxylic acids is 1. The van der Waals surface area contributed by atoms with Crippen LogP contribution in [0.15, 0.2) is 63.5 Å². The van der Waals surface area contributed by atoms with E-state index in [9.17, 15) is 19.5 Å². The Morgan fingerprint density at radius 1 is 1.22 bits per heavy atom. The van der Waals surface area contributed by atoms with Crippen molar-refractivity contribution in [3.63, 3.8) is 0 Å². The van der Waals surface area contributed by atoms with Gasteiger partial charge in [0.15, 0.2) is 0 Å². The Labute approximate surface area is 191 Å². The number of nitrogens with zero attached hydrogens (tertiary/aromatic N) is 1. The molecule has 0 amide bonds. The number of fused-ring (bicyclic) bond motifs is 1. The summed E-state index contributed by atoms with van der Waals surface area (Å²) in [7, 11) is 0. The van der Waals surface area contributed by atoms with Gasteiger partial charge >= 0.3 is 11.7 Å². The molecule has 2 aromatic heterocycles. The summed E-state index contributed by atoms with van der Waals surface area (Å²) in [5, 5.41) is 10.9. The molecule has 164 valence electrons. The zero-order valence-corrected chi connectivity index (χ0v) is 18.8. The standard InChI is InChI=1S/C23H19ClN2O5S/c1-3-23(2,13-7-5-4-6-8-13)31-14-9-10-15(24)17(11-14)26-20(27)18-16(25-22(26)30)12-32-19(18)21(28)29/h4-12H,3H2,1-2H3,(H,25,30)(H,28,29). The smallest absolute Gasteiger partial charge is 0.346 e. The van der Waals surface area contributed by atoms with Crippen LogP contribution in [0.4, 0.5) is 0 Å². The van der Waals surface area contributed by atoms with Gasteiger partial charge < -0.3 is 14.8 Å². The van der Waals surface area contributed by atoms with Crippen molar-refractivity contribution in [3.05, 3.63) is 90.2 Å². The number of nitrogens with one attached hydrogen (secondary N) is 1. The van der Waals surface area contributed by atoms with Crippen LogP contribution >= 0.6 is 22.9 Å². The quantitative estimate of drug-likeness (QED) is 0.421. The molecule has 2 aromatic carbocycles. The van der Waals surface area contributed by atoms with Crippen LogP contribution in [0.5, 0.6) is 5.75 Å². The van der Waals surface area contributed by atoms with Crippen LogP contribution in [0, 0.1) is 0 Å². The van der Waals surface area contributed by atoms with E-state index in [1.54, 1.807) is 6.07 Å². The Balaban J connectivity index is 1.86. The number of aromatic carboxylic acids is 1. The zero-order valence-electron chi connectivity index (χ0n) is 17.2. The van der Waals surface area contributed by atoms with E-state index in [0.29, 0.717) is 12.2 Å². The average molecular weight is 471 g/mol. The number of aromatic amines is 1. The van der Waals surface area contributed by atoms with E-state index in [2.05, 4.69) is 4.98 Å².